The van der Waals surface area contributed by atoms with Crippen LogP contribution in [-0.4, -0.2) is 32.7 Å². The third-order valence-corrected chi connectivity index (χ3v) is 7.21. The van der Waals surface area contributed by atoms with Crippen LogP contribution in [0.3, 0.4) is 0 Å². The van der Waals surface area contributed by atoms with Crippen LogP contribution < -0.4 is 10.9 Å². The lowest BCUT2D eigenvalue weighted by molar-refractivity contribution is -0.118. The number of carbonyl (C=O) groups is 1. The highest BCUT2D eigenvalue weighted by molar-refractivity contribution is 7.99. The molecule has 0 radical (unpaired) electrons. The van der Waals surface area contributed by atoms with Crippen molar-refractivity contribution in [3.8, 4) is 0 Å². The zero-order valence-corrected chi connectivity index (χ0v) is 21.2. The fraction of sp³-hybridized carbons (Fsp3) is 0.207. The predicted molar refractivity (Wildman–Crippen MR) is 147 cm³/mol. The SMILES string of the molecule is Cc1ccc(Cn2c(=O)c(SCC(=O)NCCc3c[nH]c4ccc(C)cc34)nc3ccccc32)cc1. The topological polar surface area (TPSA) is 79.8 Å². The maximum atomic E-state index is 13.3. The minimum absolute atomic E-state index is 0.115. The quantitative estimate of drug-likeness (QED) is 0.297. The summed E-state index contributed by atoms with van der Waals surface area (Å²) in [6.45, 7) is 5.10. The maximum Gasteiger partial charge on any atom is 0.283 e. The van der Waals surface area contributed by atoms with Crippen molar-refractivity contribution in [1.29, 1.82) is 0 Å². The number of hydrogen-bond acceptors (Lipinski definition) is 4. The fourth-order valence-corrected chi connectivity index (χ4v) is 5.08. The highest BCUT2D eigenvalue weighted by atomic mass is 32.2. The molecule has 0 aliphatic carbocycles. The van der Waals surface area contributed by atoms with Gasteiger partial charge in [-0.1, -0.05) is 65.4 Å². The van der Waals surface area contributed by atoms with E-state index in [2.05, 4.69) is 40.4 Å². The van der Waals surface area contributed by atoms with E-state index in [1.54, 1.807) is 4.57 Å². The van der Waals surface area contributed by atoms with Gasteiger partial charge in [0, 0.05) is 23.6 Å². The van der Waals surface area contributed by atoms with Gasteiger partial charge in [0.15, 0.2) is 5.03 Å². The van der Waals surface area contributed by atoms with E-state index >= 15 is 0 Å². The van der Waals surface area contributed by atoms with Crippen LogP contribution >= 0.6 is 11.8 Å². The highest BCUT2D eigenvalue weighted by Crippen LogP contribution is 2.20. The standard InChI is InChI=1S/C29H28N4O2S/c1-19-7-10-21(11-8-19)17-33-26-6-4-3-5-25(26)32-28(29(33)35)36-18-27(34)30-14-13-22-16-31-24-12-9-20(2)15-23(22)24/h3-12,15-16,31H,13-14,17-18H2,1-2H3,(H,30,34). The Balaban J connectivity index is 1.26. The first-order valence-corrected chi connectivity index (χ1v) is 13.0. The summed E-state index contributed by atoms with van der Waals surface area (Å²) in [7, 11) is 0. The Kier molecular flexibility index (Phi) is 6.91. The third kappa shape index (κ3) is 5.21. The highest BCUT2D eigenvalue weighted by Gasteiger charge is 2.14. The number of para-hydroxylation sites is 2. The van der Waals surface area contributed by atoms with Gasteiger partial charge >= 0.3 is 0 Å². The Hall–Kier alpha value is -3.84. The number of H-pyrrole nitrogens is 1. The van der Waals surface area contributed by atoms with Crippen molar-refractivity contribution in [2.75, 3.05) is 12.3 Å². The number of carbonyl (C=O) groups excluding carboxylic acids is 1. The molecule has 0 fully saturated rings. The molecule has 2 N–H and O–H groups in total. The molecule has 0 aliphatic heterocycles. The van der Waals surface area contributed by atoms with Crippen molar-refractivity contribution in [3.05, 3.63) is 106 Å². The molecule has 5 rings (SSSR count). The van der Waals surface area contributed by atoms with E-state index in [-0.39, 0.29) is 17.2 Å². The van der Waals surface area contributed by atoms with Crippen LogP contribution in [0, 0.1) is 13.8 Å². The van der Waals surface area contributed by atoms with Crippen LogP contribution in [0.4, 0.5) is 0 Å². The first-order chi connectivity index (χ1) is 17.5. The fourth-order valence-electron chi connectivity index (χ4n) is 4.32. The minimum Gasteiger partial charge on any atom is -0.361 e. The summed E-state index contributed by atoms with van der Waals surface area (Å²) in [5, 5.41) is 4.50. The van der Waals surface area contributed by atoms with Gasteiger partial charge in [-0.3, -0.25) is 14.2 Å². The van der Waals surface area contributed by atoms with Crippen molar-refractivity contribution >= 4 is 39.6 Å². The number of benzene rings is 3. The van der Waals surface area contributed by atoms with E-state index in [1.807, 2.05) is 61.7 Å². The molecule has 6 nitrogen and oxygen atoms in total. The number of hydrogen-bond donors (Lipinski definition) is 2. The number of amides is 1. The molecule has 0 bridgehead atoms. The Morgan fingerprint density at radius 3 is 2.64 bits per heavy atom. The number of aromatic nitrogens is 3. The number of nitrogens with one attached hydrogen (secondary N) is 2. The molecule has 0 aliphatic rings. The second-order valence-corrected chi connectivity index (χ2v) is 10.00. The average Bonchev–Trinajstić information content (AvgIpc) is 3.28. The normalized spacial score (nSPS) is 11.3. The molecule has 182 valence electrons. The van der Waals surface area contributed by atoms with Gasteiger partial charge in [0.1, 0.15) is 0 Å². The molecule has 0 unspecified atom stereocenters. The van der Waals surface area contributed by atoms with E-state index in [4.69, 9.17) is 0 Å². The molecule has 3 aromatic carbocycles. The van der Waals surface area contributed by atoms with Crippen molar-refractivity contribution in [2.24, 2.45) is 0 Å². The first-order valence-electron chi connectivity index (χ1n) is 12.0. The minimum atomic E-state index is -0.179. The third-order valence-electron chi connectivity index (χ3n) is 6.26. The lowest BCUT2D eigenvalue weighted by Crippen LogP contribution is -2.28. The van der Waals surface area contributed by atoms with Crippen LogP contribution in [0.5, 0.6) is 0 Å². The van der Waals surface area contributed by atoms with E-state index in [0.29, 0.717) is 18.1 Å². The van der Waals surface area contributed by atoms with Gasteiger partial charge < -0.3 is 10.3 Å². The van der Waals surface area contributed by atoms with E-state index in [1.165, 1.54) is 33.8 Å². The smallest absolute Gasteiger partial charge is 0.283 e. The molecule has 0 saturated heterocycles. The van der Waals surface area contributed by atoms with E-state index < -0.39 is 0 Å². The summed E-state index contributed by atoms with van der Waals surface area (Å²) in [5.74, 6) is 0.0217. The molecular weight excluding hydrogens is 468 g/mol. The summed E-state index contributed by atoms with van der Waals surface area (Å²) in [6, 6.07) is 22.1. The molecule has 0 atom stereocenters. The number of aryl methyl sites for hydroxylation is 2. The number of aromatic amines is 1. The van der Waals surface area contributed by atoms with Gasteiger partial charge in [0.25, 0.3) is 5.56 Å². The van der Waals surface area contributed by atoms with Crippen molar-refractivity contribution in [2.45, 2.75) is 31.8 Å². The van der Waals surface area contributed by atoms with Crippen molar-refractivity contribution in [3.63, 3.8) is 0 Å². The molecule has 36 heavy (non-hydrogen) atoms. The maximum absolute atomic E-state index is 13.3. The average molecular weight is 497 g/mol. The second-order valence-electron chi connectivity index (χ2n) is 9.03. The van der Waals surface area contributed by atoms with Crippen LogP contribution in [-0.2, 0) is 17.8 Å². The number of nitrogens with zero attached hydrogens (tertiary/aromatic N) is 2. The predicted octanol–water partition coefficient (Wildman–Crippen LogP) is 4.99. The number of rotatable bonds is 8. The lowest BCUT2D eigenvalue weighted by Gasteiger charge is -2.12. The van der Waals surface area contributed by atoms with E-state index in [0.717, 1.165) is 28.5 Å². The monoisotopic (exact) mass is 496 g/mol. The van der Waals surface area contributed by atoms with E-state index in [9.17, 15) is 9.59 Å². The summed E-state index contributed by atoms with van der Waals surface area (Å²) >= 11 is 1.19. The summed E-state index contributed by atoms with van der Waals surface area (Å²) < 4.78 is 1.74. The van der Waals surface area contributed by atoms with Gasteiger partial charge in [-0.15, -0.1) is 0 Å². The zero-order chi connectivity index (χ0) is 25.1. The first kappa shape index (κ1) is 23.9. The molecule has 7 heteroatoms. The van der Waals surface area contributed by atoms with Crippen molar-refractivity contribution in [1.82, 2.24) is 19.9 Å². The second kappa shape index (κ2) is 10.4. The van der Waals surface area contributed by atoms with Gasteiger partial charge in [-0.05, 0) is 55.7 Å². The summed E-state index contributed by atoms with van der Waals surface area (Å²) in [4.78, 5) is 33.8. The molecule has 0 saturated carbocycles. The van der Waals surface area contributed by atoms with Gasteiger partial charge in [-0.25, -0.2) is 4.98 Å². The van der Waals surface area contributed by atoms with Gasteiger partial charge in [0.05, 0.1) is 23.3 Å². The zero-order valence-electron chi connectivity index (χ0n) is 20.4. The lowest BCUT2D eigenvalue weighted by atomic mass is 10.1. The van der Waals surface area contributed by atoms with Gasteiger partial charge in [0.2, 0.25) is 5.91 Å². The Morgan fingerprint density at radius 1 is 1.03 bits per heavy atom. The van der Waals surface area contributed by atoms with Crippen LogP contribution in [0.2, 0.25) is 0 Å². The van der Waals surface area contributed by atoms with Gasteiger partial charge in [-0.2, -0.15) is 0 Å². The van der Waals surface area contributed by atoms with Crippen LogP contribution in [0.25, 0.3) is 21.9 Å². The number of thioether (sulfide) groups is 1. The van der Waals surface area contributed by atoms with Crippen LogP contribution in [0.1, 0.15) is 22.3 Å². The molecule has 2 heterocycles. The largest absolute Gasteiger partial charge is 0.361 e. The molecule has 5 aromatic rings. The Morgan fingerprint density at radius 2 is 1.81 bits per heavy atom. The molecule has 2 aromatic heterocycles. The Labute approximate surface area is 213 Å². The summed E-state index contributed by atoms with van der Waals surface area (Å²) in [6.07, 6.45) is 2.73. The van der Waals surface area contributed by atoms with Crippen LogP contribution in [0.15, 0.2) is 82.7 Å². The Bertz CT molecular complexity index is 1600. The molecular formula is C29H28N4O2S. The molecule has 1 amide bonds. The molecule has 0 spiro atoms. The van der Waals surface area contributed by atoms with Crippen molar-refractivity contribution < 1.29 is 4.79 Å². The summed E-state index contributed by atoms with van der Waals surface area (Å²) in [5.41, 5.74) is 7.04. The number of fused-ring (bicyclic) bond motifs is 2.